The predicted molar refractivity (Wildman–Crippen MR) is 240 cm³/mol. The number of fused-ring (bicyclic) bond motifs is 1. The topological polar surface area (TPSA) is 154 Å². The molecule has 0 fully saturated rings. The molecular weight excluding hydrogens is 769 g/mol. The summed E-state index contributed by atoms with van der Waals surface area (Å²) in [5.41, 5.74) is 3.26. The summed E-state index contributed by atoms with van der Waals surface area (Å²) in [5, 5.41) is 53.5. The van der Waals surface area contributed by atoms with E-state index in [-0.39, 0.29) is 57.6 Å². The minimum Gasteiger partial charge on any atom is -0.508 e. The molecule has 4 aromatic rings. The van der Waals surface area contributed by atoms with Crippen LogP contribution in [0.1, 0.15) is 142 Å². The number of methoxy groups -OCH3 is 1. The third-order valence-corrected chi connectivity index (χ3v) is 11.5. The monoisotopic (exact) mass is 826 g/mol. The third kappa shape index (κ3) is 11.1. The molecule has 0 saturated carbocycles. The lowest BCUT2D eigenvalue weighted by molar-refractivity contribution is -0.117. The maximum absolute atomic E-state index is 14.3. The van der Waals surface area contributed by atoms with Gasteiger partial charge in [0.2, 0.25) is 5.78 Å². The first-order chi connectivity index (χ1) is 29.6. The lowest BCUT2D eigenvalue weighted by atomic mass is 9.78. The molecule has 0 bridgehead atoms. The van der Waals surface area contributed by atoms with E-state index in [2.05, 4.69) is 19.1 Å². The Labute approximate surface area is 359 Å². The highest BCUT2D eigenvalue weighted by molar-refractivity contribution is 6.37. The Morgan fingerprint density at radius 2 is 1.25 bits per heavy atom. The molecule has 1 aliphatic heterocycles. The van der Waals surface area contributed by atoms with Gasteiger partial charge in [-0.1, -0.05) is 107 Å². The van der Waals surface area contributed by atoms with Crippen molar-refractivity contribution in [1.29, 1.82) is 0 Å². The molecular formula is C52H58O9. The van der Waals surface area contributed by atoms with Gasteiger partial charge < -0.3 is 35.0 Å². The highest BCUT2D eigenvalue weighted by Crippen LogP contribution is 2.56. The van der Waals surface area contributed by atoms with Crippen LogP contribution in [0.3, 0.4) is 0 Å². The molecule has 1 aliphatic carbocycles. The van der Waals surface area contributed by atoms with E-state index in [0.717, 1.165) is 32.1 Å². The Hall–Kier alpha value is -6.22. The van der Waals surface area contributed by atoms with E-state index in [4.69, 9.17) is 9.47 Å². The van der Waals surface area contributed by atoms with E-state index in [0.29, 0.717) is 40.0 Å². The second kappa shape index (κ2) is 21.3. The van der Waals surface area contributed by atoms with Crippen LogP contribution in [0.25, 0.3) is 17.7 Å². The highest BCUT2D eigenvalue weighted by Gasteiger charge is 2.42. The van der Waals surface area contributed by atoms with Crippen LogP contribution in [0, 0.1) is 0 Å². The number of phenolic OH excluding ortho intramolecular Hbond substituents is 5. The summed E-state index contributed by atoms with van der Waals surface area (Å²) in [7, 11) is 1.36. The molecule has 0 saturated heterocycles. The molecule has 0 amide bonds. The number of ketones is 2. The molecule has 2 atom stereocenters. The van der Waals surface area contributed by atoms with E-state index < -0.39 is 23.6 Å². The van der Waals surface area contributed by atoms with E-state index in [1.165, 1.54) is 94.5 Å². The van der Waals surface area contributed by atoms with Gasteiger partial charge in [0.25, 0.3) is 0 Å². The van der Waals surface area contributed by atoms with E-state index in [1.807, 2.05) is 0 Å². The highest BCUT2D eigenvalue weighted by atomic mass is 16.5. The van der Waals surface area contributed by atoms with Crippen molar-refractivity contribution in [3.63, 3.8) is 0 Å². The number of carbonyl (C=O) groups is 2. The molecule has 0 spiro atoms. The molecule has 0 radical (unpaired) electrons. The average Bonchev–Trinajstić information content (AvgIpc) is 3.62. The Morgan fingerprint density at radius 3 is 1.87 bits per heavy atom. The smallest absolute Gasteiger partial charge is 0.224 e. The first kappa shape index (κ1) is 44.3. The van der Waals surface area contributed by atoms with Crippen molar-refractivity contribution in [2.45, 2.75) is 109 Å². The standard InChI is InChI=1S/C52H58O9/c1-3-4-5-6-7-8-9-10-11-12-13-14-15-16-17-18-42-49(44(58)33-46(60-2)51(42)59)48-41(28-21-34-19-24-37(53)25-20-34)50-45(32-43(48)57)61-52(35-22-26-38(54)27-23-35)47(50)36-29-39(55)31-40(56)30-36/h8-9,19-33,47,52-57H,3-7,10-18H2,1-2H3/b9-8+,28-21+/t47-,52+/m0/s1. The van der Waals surface area contributed by atoms with Gasteiger partial charge in [0.15, 0.2) is 11.5 Å². The van der Waals surface area contributed by atoms with Crippen molar-refractivity contribution in [2.24, 2.45) is 0 Å². The van der Waals surface area contributed by atoms with Gasteiger partial charge in [0.05, 0.1) is 13.0 Å². The van der Waals surface area contributed by atoms with Gasteiger partial charge in [-0.2, -0.15) is 0 Å². The van der Waals surface area contributed by atoms with Crippen molar-refractivity contribution in [1.82, 2.24) is 0 Å². The maximum atomic E-state index is 14.3. The number of allylic oxidation sites excluding steroid dienone is 5. The summed E-state index contributed by atoms with van der Waals surface area (Å²) in [6.45, 7) is 2.23. The Bertz CT molecular complexity index is 2260. The number of aromatic hydroxyl groups is 5. The van der Waals surface area contributed by atoms with Crippen LogP contribution in [0.2, 0.25) is 0 Å². The molecule has 5 N–H and O–H groups in total. The molecule has 2 aliphatic rings. The van der Waals surface area contributed by atoms with Crippen LogP contribution in [0.15, 0.2) is 102 Å². The number of hydrogen-bond acceptors (Lipinski definition) is 9. The molecule has 61 heavy (non-hydrogen) atoms. The SMILES string of the molecule is CCCCCC/C=C/CCCCCCCCCC1=C(c2c(O)cc3c(c2/C=C/c2ccc(O)cc2)[C@H](c2cc(O)cc(O)c2)[C@@H](c2ccc(O)cc2)O3)C(=O)C=C(OC)C1=O. The van der Waals surface area contributed by atoms with Crippen molar-refractivity contribution in [2.75, 3.05) is 7.11 Å². The summed E-state index contributed by atoms with van der Waals surface area (Å²) in [6.07, 6.45) is 23.3. The summed E-state index contributed by atoms with van der Waals surface area (Å²) < 4.78 is 12.0. The second-order valence-electron chi connectivity index (χ2n) is 16.0. The third-order valence-electron chi connectivity index (χ3n) is 11.5. The van der Waals surface area contributed by atoms with Crippen LogP contribution in [-0.4, -0.2) is 44.2 Å². The summed E-state index contributed by atoms with van der Waals surface area (Å²) in [4.78, 5) is 28.4. The zero-order valence-electron chi connectivity index (χ0n) is 35.2. The van der Waals surface area contributed by atoms with Gasteiger partial charge in [-0.25, -0.2) is 0 Å². The fraction of sp³-hybridized carbons (Fsp3) is 0.346. The van der Waals surface area contributed by atoms with Crippen molar-refractivity contribution >= 4 is 29.3 Å². The fourth-order valence-electron chi connectivity index (χ4n) is 8.42. The van der Waals surface area contributed by atoms with Gasteiger partial charge in [-0.3, -0.25) is 9.59 Å². The minimum absolute atomic E-state index is 0.0541. The van der Waals surface area contributed by atoms with E-state index in [9.17, 15) is 35.1 Å². The van der Waals surface area contributed by atoms with Crippen molar-refractivity contribution in [3.05, 3.63) is 136 Å². The van der Waals surface area contributed by atoms with Crippen LogP contribution in [-0.2, 0) is 14.3 Å². The molecule has 320 valence electrons. The van der Waals surface area contributed by atoms with Crippen LogP contribution in [0.4, 0.5) is 0 Å². The number of carbonyl (C=O) groups excluding carboxylic acids is 2. The summed E-state index contributed by atoms with van der Waals surface area (Å²) >= 11 is 0. The molecule has 9 heteroatoms. The minimum atomic E-state index is -0.763. The molecule has 9 nitrogen and oxygen atoms in total. The zero-order chi connectivity index (χ0) is 43.3. The van der Waals surface area contributed by atoms with E-state index in [1.54, 1.807) is 48.6 Å². The van der Waals surface area contributed by atoms with Gasteiger partial charge in [0.1, 0.15) is 40.6 Å². The van der Waals surface area contributed by atoms with Gasteiger partial charge in [-0.05, 0) is 97.2 Å². The number of Topliss-reactive ketones (excluding diaryl/α,β-unsaturated/α-hetero) is 1. The van der Waals surface area contributed by atoms with Crippen molar-refractivity contribution < 1.29 is 44.6 Å². The molecule has 4 aromatic carbocycles. The number of benzene rings is 4. The quantitative estimate of drug-likeness (QED) is 0.0239. The predicted octanol–water partition coefficient (Wildman–Crippen LogP) is 12.1. The largest absolute Gasteiger partial charge is 0.508 e. The molecule has 6 rings (SSSR count). The lowest BCUT2D eigenvalue weighted by Gasteiger charge is -2.24. The van der Waals surface area contributed by atoms with Crippen molar-refractivity contribution in [3.8, 4) is 34.5 Å². The number of rotatable bonds is 21. The Balaban J connectivity index is 1.34. The second-order valence-corrected chi connectivity index (χ2v) is 16.0. The lowest BCUT2D eigenvalue weighted by Crippen LogP contribution is -2.21. The molecule has 0 unspecified atom stereocenters. The fourth-order valence-corrected chi connectivity index (χ4v) is 8.42. The summed E-state index contributed by atoms with van der Waals surface area (Å²) in [6, 6.07) is 18.7. The summed E-state index contributed by atoms with van der Waals surface area (Å²) in [5.74, 6) is -1.89. The van der Waals surface area contributed by atoms with Crippen LogP contribution in [0.5, 0.6) is 34.5 Å². The van der Waals surface area contributed by atoms with Gasteiger partial charge >= 0.3 is 0 Å². The number of unbranched alkanes of at least 4 members (excludes halogenated alkanes) is 11. The number of ether oxygens (including phenoxy) is 2. The maximum Gasteiger partial charge on any atom is 0.224 e. The zero-order valence-corrected chi connectivity index (χ0v) is 35.2. The van der Waals surface area contributed by atoms with Gasteiger partial charge in [-0.15, -0.1) is 0 Å². The van der Waals surface area contributed by atoms with Gasteiger partial charge in [0, 0.05) is 40.5 Å². The normalized spacial score (nSPS) is 16.4. The first-order valence-corrected chi connectivity index (χ1v) is 21.7. The Morgan fingerprint density at radius 1 is 0.656 bits per heavy atom. The molecule has 1 heterocycles. The number of hydrogen-bond donors (Lipinski definition) is 5. The first-order valence-electron chi connectivity index (χ1n) is 21.7. The Kier molecular flexibility index (Phi) is 15.5. The number of phenols is 5. The van der Waals surface area contributed by atoms with Crippen LogP contribution >= 0.6 is 0 Å². The van der Waals surface area contributed by atoms with Crippen LogP contribution < -0.4 is 4.74 Å². The average molecular weight is 827 g/mol. The van der Waals surface area contributed by atoms with E-state index >= 15 is 0 Å². The molecule has 0 aromatic heterocycles.